The van der Waals surface area contributed by atoms with Crippen molar-refractivity contribution in [3.8, 4) is 28.8 Å². The fourth-order valence-corrected chi connectivity index (χ4v) is 2.45. The summed E-state index contributed by atoms with van der Waals surface area (Å²) in [6.07, 6.45) is 8.71. The predicted molar refractivity (Wildman–Crippen MR) is 93.0 cm³/mol. The first-order valence-electron chi connectivity index (χ1n) is 7.60. The molecule has 0 aromatic carbocycles. The van der Waals surface area contributed by atoms with Gasteiger partial charge >= 0.3 is 0 Å². The highest BCUT2D eigenvalue weighted by atomic mass is 16.5. The monoisotopic (exact) mass is 327 g/mol. The van der Waals surface area contributed by atoms with Crippen LogP contribution in [0.5, 0.6) is 5.88 Å². The Kier molecular flexibility index (Phi) is 3.81. The van der Waals surface area contributed by atoms with Crippen molar-refractivity contribution in [1.29, 1.82) is 0 Å². The van der Waals surface area contributed by atoms with Gasteiger partial charge in [0.25, 0.3) is 0 Å². The van der Waals surface area contributed by atoms with E-state index in [4.69, 9.17) is 4.74 Å². The van der Waals surface area contributed by atoms with E-state index in [0.29, 0.717) is 11.6 Å². The van der Waals surface area contributed by atoms with Crippen LogP contribution in [-0.2, 0) is 0 Å². The van der Waals surface area contributed by atoms with Gasteiger partial charge in [-0.15, -0.1) is 0 Å². The highest BCUT2D eigenvalue weighted by Crippen LogP contribution is 2.27. The lowest BCUT2D eigenvalue weighted by molar-refractivity contribution is 0.399. The zero-order valence-electron chi connectivity index (χ0n) is 13.4. The minimum atomic E-state index is 0.558. The normalized spacial score (nSPS) is 10.3. The van der Waals surface area contributed by atoms with E-state index >= 15 is 0 Å². The van der Waals surface area contributed by atoms with E-state index in [1.54, 1.807) is 36.4 Å². The molecule has 0 atom stereocenters. The third kappa shape index (κ3) is 3.03. The van der Waals surface area contributed by atoms with Gasteiger partial charge in [0.05, 0.1) is 13.3 Å². The van der Waals surface area contributed by atoms with Crippen molar-refractivity contribution in [2.45, 2.75) is 0 Å². The number of nitrogens with zero attached hydrogens (tertiary/aromatic N) is 5. The summed E-state index contributed by atoms with van der Waals surface area (Å²) in [7, 11) is 1.60. The van der Waals surface area contributed by atoms with Crippen molar-refractivity contribution >= 4 is 5.65 Å². The lowest BCUT2D eigenvalue weighted by Crippen LogP contribution is -1.92. The Morgan fingerprint density at radius 3 is 2.96 bits per heavy atom. The molecule has 6 heteroatoms. The number of methoxy groups -OCH3 is 1. The summed E-state index contributed by atoms with van der Waals surface area (Å²) in [4.78, 5) is 12.9. The van der Waals surface area contributed by atoms with E-state index in [1.807, 2.05) is 36.5 Å². The van der Waals surface area contributed by atoms with Gasteiger partial charge in [-0.3, -0.25) is 4.98 Å². The van der Waals surface area contributed by atoms with Crippen LogP contribution in [0.3, 0.4) is 0 Å². The van der Waals surface area contributed by atoms with Gasteiger partial charge < -0.3 is 4.74 Å². The molecule has 25 heavy (non-hydrogen) atoms. The summed E-state index contributed by atoms with van der Waals surface area (Å²) in [6, 6.07) is 9.42. The molecular weight excluding hydrogens is 314 g/mol. The number of fused-ring (bicyclic) bond motifs is 1. The maximum absolute atomic E-state index is 5.31. The van der Waals surface area contributed by atoms with Gasteiger partial charge in [-0.1, -0.05) is 5.92 Å². The number of rotatable bonds is 2. The highest BCUT2D eigenvalue weighted by molar-refractivity contribution is 5.69. The Bertz CT molecular complexity index is 1110. The molecule has 0 saturated heterocycles. The van der Waals surface area contributed by atoms with Crippen LogP contribution in [0.25, 0.3) is 16.8 Å². The van der Waals surface area contributed by atoms with Crippen molar-refractivity contribution in [2.75, 3.05) is 7.11 Å². The van der Waals surface area contributed by atoms with Crippen LogP contribution in [0, 0.1) is 11.8 Å². The van der Waals surface area contributed by atoms with E-state index in [9.17, 15) is 0 Å². The van der Waals surface area contributed by atoms with Crippen molar-refractivity contribution in [1.82, 2.24) is 24.6 Å². The number of aromatic nitrogens is 5. The standard InChI is InChI=1S/C19H13N5O/c1-25-19-17(3-2-8-21-19)15-11-14(12-20-13-15)4-5-16-7-10-24-18(23-16)6-9-22-24/h2-3,6-13H,1H3. The van der Waals surface area contributed by atoms with Gasteiger partial charge in [-0.2, -0.15) is 5.10 Å². The van der Waals surface area contributed by atoms with Gasteiger partial charge in [-0.25, -0.2) is 14.5 Å². The summed E-state index contributed by atoms with van der Waals surface area (Å²) >= 11 is 0. The third-order valence-electron chi connectivity index (χ3n) is 3.61. The first-order chi connectivity index (χ1) is 12.3. The SMILES string of the molecule is COc1ncccc1-c1cncc(C#Cc2ccn3nccc3n2)c1. The fraction of sp³-hybridized carbons (Fsp3) is 0.0526. The summed E-state index contributed by atoms with van der Waals surface area (Å²) in [5, 5.41) is 4.12. The minimum Gasteiger partial charge on any atom is -0.481 e. The van der Waals surface area contributed by atoms with Gasteiger partial charge in [0.2, 0.25) is 5.88 Å². The molecule has 0 aliphatic heterocycles. The molecule has 0 spiro atoms. The molecule has 4 heterocycles. The zero-order valence-corrected chi connectivity index (χ0v) is 13.4. The maximum atomic E-state index is 5.31. The first-order valence-corrected chi connectivity index (χ1v) is 7.60. The van der Waals surface area contributed by atoms with E-state index < -0.39 is 0 Å². The molecule has 4 aromatic rings. The molecule has 0 aliphatic rings. The van der Waals surface area contributed by atoms with Gasteiger partial charge in [-0.05, 0) is 30.2 Å². The average Bonchev–Trinajstić information content (AvgIpc) is 3.14. The largest absolute Gasteiger partial charge is 0.481 e. The average molecular weight is 327 g/mol. The van der Waals surface area contributed by atoms with Crippen LogP contribution >= 0.6 is 0 Å². The number of hydrogen-bond acceptors (Lipinski definition) is 5. The van der Waals surface area contributed by atoms with Crippen molar-refractivity contribution < 1.29 is 4.74 Å². The van der Waals surface area contributed by atoms with Gasteiger partial charge in [0, 0.05) is 47.5 Å². The van der Waals surface area contributed by atoms with E-state index in [0.717, 1.165) is 22.3 Å². The molecule has 6 nitrogen and oxygen atoms in total. The molecule has 0 amide bonds. The van der Waals surface area contributed by atoms with Crippen LogP contribution in [-0.4, -0.2) is 31.7 Å². The lowest BCUT2D eigenvalue weighted by atomic mass is 10.1. The Morgan fingerprint density at radius 1 is 1.08 bits per heavy atom. The molecule has 120 valence electrons. The van der Waals surface area contributed by atoms with E-state index in [1.165, 1.54) is 0 Å². The Labute approximate surface area is 144 Å². The van der Waals surface area contributed by atoms with Crippen molar-refractivity contribution in [2.24, 2.45) is 0 Å². The number of pyridine rings is 2. The maximum Gasteiger partial charge on any atom is 0.221 e. The Morgan fingerprint density at radius 2 is 2.04 bits per heavy atom. The predicted octanol–water partition coefficient (Wildman–Crippen LogP) is 2.59. The van der Waals surface area contributed by atoms with Crippen LogP contribution < -0.4 is 4.74 Å². The quantitative estimate of drug-likeness (QED) is 0.530. The smallest absolute Gasteiger partial charge is 0.221 e. The van der Waals surface area contributed by atoms with Crippen LogP contribution in [0.1, 0.15) is 11.3 Å². The van der Waals surface area contributed by atoms with Crippen LogP contribution in [0.2, 0.25) is 0 Å². The molecule has 4 rings (SSSR count). The minimum absolute atomic E-state index is 0.558. The Hall–Kier alpha value is -3.72. The van der Waals surface area contributed by atoms with Crippen molar-refractivity contribution in [3.63, 3.8) is 0 Å². The van der Waals surface area contributed by atoms with Gasteiger partial charge in [0.15, 0.2) is 5.65 Å². The summed E-state index contributed by atoms with van der Waals surface area (Å²) in [6.45, 7) is 0. The Balaban J connectivity index is 1.68. The lowest BCUT2D eigenvalue weighted by Gasteiger charge is -2.06. The first kappa shape index (κ1) is 14.8. The molecule has 0 aliphatic carbocycles. The molecular formula is C19H13N5O. The summed E-state index contributed by atoms with van der Waals surface area (Å²) in [5.74, 6) is 6.72. The molecule has 4 aromatic heterocycles. The number of hydrogen-bond donors (Lipinski definition) is 0. The van der Waals surface area contributed by atoms with Gasteiger partial charge in [0.1, 0.15) is 5.69 Å². The second-order valence-electron chi connectivity index (χ2n) is 5.22. The highest BCUT2D eigenvalue weighted by Gasteiger charge is 2.06. The van der Waals surface area contributed by atoms with Crippen molar-refractivity contribution in [3.05, 3.63) is 72.6 Å². The zero-order chi connectivity index (χ0) is 17.1. The molecule has 0 radical (unpaired) electrons. The fourth-order valence-electron chi connectivity index (χ4n) is 2.45. The second kappa shape index (κ2) is 6.42. The van der Waals surface area contributed by atoms with Crippen LogP contribution in [0.15, 0.2) is 61.3 Å². The molecule has 0 unspecified atom stereocenters. The molecule has 0 saturated carbocycles. The van der Waals surface area contributed by atoms with Crippen LogP contribution in [0.4, 0.5) is 0 Å². The third-order valence-corrected chi connectivity index (χ3v) is 3.61. The molecule has 0 bridgehead atoms. The second-order valence-corrected chi connectivity index (χ2v) is 5.22. The van der Waals surface area contributed by atoms with E-state index in [-0.39, 0.29) is 0 Å². The molecule has 0 fully saturated rings. The van der Waals surface area contributed by atoms with E-state index in [2.05, 4.69) is 31.9 Å². The summed E-state index contributed by atoms with van der Waals surface area (Å²) in [5.41, 5.74) is 4.01. The summed E-state index contributed by atoms with van der Waals surface area (Å²) < 4.78 is 7.01. The molecule has 0 N–H and O–H groups in total. The topological polar surface area (TPSA) is 65.2 Å². The number of ether oxygens (including phenoxy) is 1.